The lowest BCUT2D eigenvalue weighted by atomic mass is 10.4. The van der Waals surface area contributed by atoms with Gasteiger partial charge in [-0.2, -0.15) is 0 Å². The van der Waals surface area contributed by atoms with Gasteiger partial charge in [0.2, 0.25) is 5.91 Å². The Bertz CT molecular complexity index is 920. The molecule has 0 atom stereocenters. The third-order valence-corrected chi connectivity index (χ3v) is 4.14. The lowest BCUT2D eigenvalue weighted by molar-refractivity contribution is -0.116. The van der Waals surface area contributed by atoms with Gasteiger partial charge in [0.05, 0.1) is 11.8 Å². The molecule has 0 saturated heterocycles. The van der Waals surface area contributed by atoms with Gasteiger partial charge in [0.25, 0.3) is 5.56 Å². The second kappa shape index (κ2) is 6.62. The molecule has 3 rings (SSSR count). The van der Waals surface area contributed by atoms with Gasteiger partial charge in [0.15, 0.2) is 0 Å². The van der Waals surface area contributed by atoms with Crippen LogP contribution in [0.3, 0.4) is 0 Å². The van der Waals surface area contributed by atoms with Crippen molar-refractivity contribution in [3.05, 3.63) is 57.9 Å². The van der Waals surface area contributed by atoms with Crippen LogP contribution in [-0.2, 0) is 11.3 Å². The molecule has 7 heteroatoms. The van der Waals surface area contributed by atoms with Crippen LogP contribution >= 0.6 is 11.3 Å². The second-order valence-electron chi connectivity index (χ2n) is 4.95. The Labute approximate surface area is 136 Å². The second-order valence-corrected chi connectivity index (χ2v) is 5.87. The fourth-order valence-electron chi connectivity index (χ4n) is 2.10. The number of hydrogen-bond donors (Lipinski definition) is 1. The predicted octanol–water partition coefficient (Wildman–Crippen LogP) is 2.19. The summed E-state index contributed by atoms with van der Waals surface area (Å²) in [6.45, 7) is 2.56. The summed E-state index contributed by atoms with van der Waals surface area (Å²) in [5.41, 5.74) is 0.623. The Hall–Kier alpha value is -2.67. The van der Waals surface area contributed by atoms with E-state index in [2.05, 4.69) is 10.3 Å². The normalized spacial score (nSPS) is 11.3. The van der Waals surface area contributed by atoms with Gasteiger partial charge in [0.1, 0.15) is 16.2 Å². The molecule has 3 aromatic rings. The SMILES string of the molecule is Cc1ccc(/C=C/C(=O)NCCn2cnc3ccsc3c2=O)o1. The molecule has 23 heavy (non-hydrogen) atoms. The van der Waals surface area contributed by atoms with E-state index in [1.807, 2.05) is 24.4 Å². The fraction of sp³-hybridized carbons (Fsp3) is 0.188. The number of aryl methyl sites for hydroxylation is 1. The lowest BCUT2D eigenvalue weighted by Gasteiger charge is -2.05. The van der Waals surface area contributed by atoms with Crippen LogP contribution in [0.4, 0.5) is 0 Å². The molecule has 1 amide bonds. The summed E-state index contributed by atoms with van der Waals surface area (Å²) < 4.78 is 7.47. The molecule has 3 aromatic heterocycles. The van der Waals surface area contributed by atoms with Crippen molar-refractivity contribution in [2.45, 2.75) is 13.5 Å². The van der Waals surface area contributed by atoms with Crippen molar-refractivity contribution in [3.8, 4) is 0 Å². The van der Waals surface area contributed by atoms with Gasteiger partial charge < -0.3 is 9.73 Å². The highest BCUT2D eigenvalue weighted by Crippen LogP contribution is 2.12. The summed E-state index contributed by atoms with van der Waals surface area (Å²) in [7, 11) is 0. The molecule has 6 nitrogen and oxygen atoms in total. The summed E-state index contributed by atoms with van der Waals surface area (Å²) in [4.78, 5) is 28.1. The van der Waals surface area contributed by atoms with Crippen LogP contribution in [0, 0.1) is 6.92 Å². The standard InChI is InChI=1S/C16H15N3O3S/c1-11-2-3-12(22-11)4-5-14(20)17-7-8-19-10-18-13-6-9-23-15(13)16(19)21/h2-6,9-10H,7-8H2,1H3,(H,17,20)/b5-4+. The largest absolute Gasteiger partial charge is 0.462 e. The summed E-state index contributed by atoms with van der Waals surface area (Å²) in [5, 5.41) is 4.57. The smallest absolute Gasteiger partial charge is 0.271 e. The molecule has 0 unspecified atom stereocenters. The first kappa shape index (κ1) is 15.2. The molecule has 0 aromatic carbocycles. The Morgan fingerprint density at radius 1 is 1.43 bits per heavy atom. The molecule has 0 aliphatic carbocycles. The van der Waals surface area contributed by atoms with Crippen LogP contribution < -0.4 is 10.9 Å². The molecular weight excluding hydrogens is 314 g/mol. The van der Waals surface area contributed by atoms with E-state index < -0.39 is 0 Å². The van der Waals surface area contributed by atoms with Gasteiger partial charge >= 0.3 is 0 Å². The molecule has 0 aliphatic rings. The Kier molecular flexibility index (Phi) is 4.38. The van der Waals surface area contributed by atoms with Crippen molar-refractivity contribution >= 4 is 33.5 Å². The maximum absolute atomic E-state index is 12.2. The van der Waals surface area contributed by atoms with E-state index in [9.17, 15) is 9.59 Å². The Morgan fingerprint density at radius 3 is 3.09 bits per heavy atom. The summed E-state index contributed by atoms with van der Waals surface area (Å²) in [6, 6.07) is 5.44. The minimum absolute atomic E-state index is 0.0825. The molecule has 0 aliphatic heterocycles. The van der Waals surface area contributed by atoms with Crippen molar-refractivity contribution < 1.29 is 9.21 Å². The fourth-order valence-corrected chi connectivity index (χ4v) is 2.89. The zero-order valence-corrected chi connectivity index (χ0v) is 13.3. The number of fused-ring (bicyclic) bond motifs is 1. The highest BCUT2D eigenvalue weighted by Gasteiger charge is 2.05. The van der Waals surface area contributed by atoms with Gasteiger partial charge in [-0.3, -0.25) is 14.2 Å². The number of rotatable bonds is 5. The minimum atomic E-state index is -0.239. The number of hydrogen-bond acceptors (Lipinski definition) is 5. The zero-order chi connectivity index (χ0) is 16.2. The molecule has 118 valence electrons. The molecular formula is C16H15N3O3S. The van der Waals surface area contributed by atoms with E-state index >= 15 is 0 Å². The summed E-state index contributed by atoms with van der Waals surface area (Å²) in [5.74, 6) is 1.18. The number of nitrogens with zero attached hydrogens (tertiary/aromatic N) is 2. The molecule has 3 heterocycles. The van der Waals surface area contributed by atoms with E-state index in [-0.39, 0.29) is 11.5 Å². The van der Waals surface area contributed by atoms with Crippen LogP contribution in [0.5, 0.6) is 0 Å². The molecule has 0 bridgehead atoms. The molecule has 1 N–H and O–H groups in total. The van der Waals surface area contributed by atoms with Crippen molar-refractivity contribution in [3.63, 3.8) is 0 Å². The molecule has 0 saturated carbocycles. The first-order valence-corrected chi connectivity index (χ1v) is 7.96. The third-order valence-electron chi connectivity index (χ3n) is 3.25. The number of carbonyl (C=O) groups is 1. The van der Waals surface area contributed by atoms with E-state index in [0.29, 0.717) is 29.1 Å². The number of furan rings is 1. The summed E-state index contributed by atoms with van der Waals surface area (Å²) in [6.07, 6.45) is 4.51. The first-order chi connectivity index (χ1) is 11.1. The van der Waals surface area contributed by atoms with E-state index in [4.69, 9.17) is 4.42 Å². The number of thiophene rings is 1. The maximum Gasteiger partial charge on any atom is 0.271 e. The van der Waals surface area contributed by atoms with E-state index in [1.165, 1.54) is 28.3 Å². The van der Waals surface area contributed by atoms with Gasteiger partial charge in [0, 0.05) is 19.2 Å². The summed E-state index contributed by atoms with van der Waals surface area (Å²) >= 11 is 1.37. The minimum Gasteiger partial charge on any atom is -0.462 e. The van der Waals surface area contributed by atoms with Crippen molar-refractivity contribution in [1.29, 1.82) is 0 Å². The topological polar surface area (TPSA) is 77.1 Å². The van der Waals surface area contributed by atoms with Crippen molar-refractivity contribution in [2.75, 3.05) is 6.54 Å². The molecule has 0 spiro atoms. The number of aromatic nitrogens is 2. The van der Waals surface area contributed by atoms with Crippen LogP contribution in [0.1, 0.15) is 11.5 Å². The number of carbonyl (C=O) groups excluding carboxylic acids is 1. The highest BCUT2D eigenvalue weighted by atomic mass is 32.1. The Balaban J connectivity index is 1.56. The van der Waals surface area contributed by atoms with Crippen LogP contribution in [-0.4, -0.2) is 22.0 Å². The third kappa shape index (κ3) is 3.57. The quantitative estimate of drug-likeness (QED) is 0.728. The van der Waals surface area contributed by atoms with Crippen LogP contribution in [0.2, 0.25) is 0 Å². The van der Waals surface area contributed by atoms with Gasteiger partial charge in [-0.1, -0.05) is 0 Å². The zero-order valence-electron chi connectivity index (χ0n) is 12.5. The van der Waals surface area contributed by atoms with Crippen molar-refractivity contribution in [1.82, 2.24) is 14.9 Å². The first-order valence-electron chi connectivity index (χ1n) is 7.08. The average Bonchev–Trinajstić information content (AvgIpc) is 3.16. The average molecular weight is 329 g/mol. The highest BCUT2D eigenvalue weighted by molar-refractivity contribution is 7.17. The van der Waals surface area contributed by atoms with Gasteiger partial charge in [-0.25, -0.2) is 4.98 Å². The molecule has 0 radical (unpaired) electrons. The maximum atomic E-state index is 12.2. The van der Waals surface area contributed by atoms with Gasteiger partial charge in [-0.05, 0) is 36.6 Å². The lowest BCUT2D eigenvalue weighted by Crippen LogP contribution is -2.29. The Morgan fingerprint density at radius 2 is 2.30 bits per heavy atom. The van der Waals surface area contributed by atoms with E-state index in [1.54, 1.807) is 12.1 Å². The van der Waals surface area contributed by atoms with Gasteiger partial charge in [-0.15, -0.1) is 11.3 Å². The van der Waals surface area contributed by atoms with Crippen LogP contribution in [0.25, 0.3) is 16.3 Å². The molecule has 0 fully saturated rings. The van der Waals surface area contributed by atoms with E-state index in [0.717, 1.165) is 5.76 Å². The van der Waals surface area contributed by atoms with Crippen LogP contribution in [0.15, 0.2) is 45.2 Å². The van der Waals surface area contributed by atoms with Crippen molar-refractivity contribution in [2.24, 2.45) is 0 Å². The predicted molar refractivity (Wildman–Crippen MR) is 89.4 cm³/mol. The number of nitrogens with one attached hydrogen (secondary N) is 1. The number of amides is 1. The monoisotopic (exact) mass is 329 g/mol.